The van der Waals surface area contributed by atoms with Crippen molar-refractivity contribution in [1.29, 1.82) is 0 Å². The van der Waals surface area contributed by atoms with Gasteiger partial charge in [0.1, 0.15) is 0 Å². The lowest BCUT2D eigenvalue weighted by Crippen LogP contribution is -2.14. The molecule has 2 unspecified atom stereocenters. The molecule has 12 heavy (non-hydrogen) atoms. The maximum absolute atomic E-state index is 5.78. The SMILES string of the molecule is Cc1noc(C2CCC(N)C2)n1. The molecule has 0 aromatic carbocycles. The third-order valence-electron chi connectivity index (χ3n) is 2.37. The second-order valence-electron chi connectivity index (χ2n) is 3.45. The Morgan fingerprint density at radius 3 is 2.83 bits per heavy atom. The van der Waals surface area contributed by atoms with Crippen LogP contribution >= 0.6 is 0 Å². The molecule has 4 heteroatoms. The van der Waals surface area contributed by atoms with Crippen molar-refractivity contribution in [1.82, 2.24) is 10.1 Å². The molecule has 1 aliphatic carbocycles. The summed E-state index contributed by atoms with van der Waals surface area (Å²) in [7, 11) is 0. The Labute approximate surface area is 71.1 Å². The zero-order valence-electron chi connectivity index (χ0n) is 7.16. The van der Waals surface area contributed by atoms with Gasteiger partial charge in [-0.15, -0.1) is 0 Å². The molecule has 1 saturated carbocycles. The van der Waals surface area contributed by atoms with Crippen LogP contribution in [0, 0.1) is 6.92 Å². The van der Waals surface area contributed by atoms with Crippen LogP contribution in [0.2, 0.25) is 0 Å². The Morgan fingerprint density at radius 1 is 1.50 bits per heavy atom. The fourth-order valence-electron chi connectivity index (χ4n) is 1.72. The van der Waals surface area contributed by atoms with Crippen LogP contribution in [0.5, 0.6) is 0 Å². The molecule has 1 heterocycles. The molecular formula is C8H13N3O. The van der Waals surface area contributed by atoms with E-state index >= 15 is 0 Å². The molecule has 0 spiro atoms. The highest BCUT2D eigenvalue weighted by Crippen LogP contribution is 2.32. The summed E-state index contributed by atoms with van der Waals surface area (Å²) < 4.78 is 5.08. The first-order chi connectivity index (χ1) is 5.75. The van der Waals surface area contributed by atoms with Crippen molar-refractivity contribution in [3.63, 3.8) is 0 Å². The van der Waals surface area contributed by atoms with E-state index in [4.69, 9.17) is 10.3 Å². The molecule has 1 fully saturated rings. The first kappa shape index (κ1) is 7.73. The van der Waals surface area contributed by atoms with E-state index in [-0.39, 0.29) is 0 Å². The van der Waals surface area contributed by atoms with Crippen molar-refractivity contribution < 1.29 is 4.52 Å². The molecule has 4 nitrogen and oxygen atoms in total. The first-order valence-corrected chi connectivity index (χ1v) is 4.31. The Bertz CT molecular complexity index is 271. The van der Waals surface area contributed by atoms with Gasteiger partial charge in [0.15, 0.2) is 5.82 Å². The van der Waals surface area contributed by atoms with E-state index in [0.29, 0.717) is 17.8 Å². The third-order valence-corrected chi connectivity index (χ3v) is 2.37. The minimum Gasteiger partial charge on any atom is -0.339 e. The third kappa shape index (κ3) is 1.34. The van der Waals surface area contributed by atoms with Crippen molar-refractivity contribution in [3.05, 3.63) is 11.7 Å². The summed E-state index contributed by atoms with van der Waals surface area (Å²) in [6.07, 6.45) is 3.15. The van der Waals surface area contributed by atoms with Crippen molar-refractivity contribution >= 4 is 0 Å². The lowest BCUT2D eigenvalue weighted by Gasteiger charge is -2.01. The standard InChI is InChI=1S/C8H13N3O/c1-5-10-8(12-11-5)6-2-3-7(9)4-6/h6-7H,2-4,9H2,1H3. The van der Waals surface area contributed by atoms with E-state index < -0.39 is 0 Å². The molecule has 66 valence electrons. The Balaban J connectivity index is 2.11. The summed E-state index contributed by atoms with van der Waals surface area (Å²) in [6, 6.07) is 0.321. The number of nitrogens with two attached hydrogens (primary N) is 1. The monoisotopic (exact) mass is 167 g/mol. The maximum Gasteiger partial charge on any atom is 0.229 e. The highest BCUT2D eigenvalue weighted by atomic mass is 16.5. The molecule has 2 atom stereocenters. The van der Waals surface area contributed by atoms with Gasteiger partial charge in [-0.1, -0.05) is 5.16 Å². The number of rotatable bonds is 1. The fourth-order valence-corrected chi connectivity index (χ4v) is 1.72. The molecule has 2 N–H and O–H groups in total. The first-order valence-electron chi connectivity index (χ1n) is 4.31. The number of nitrogens with zero attached hydrogens (tertiary/aromatic N) is 2. The Hall–Kier alpha value is -0.900. The van der Waals surface area contributed by atoms with Crippen molar-refractivity contribution in [3.8, 4) is 0 Å². The largest absolute Gasteiger partial charge is 0.339 e. The van der Waals surface area contributed by atoms with Crippen LogP contribution in [0.1, 0.15) is 36.9 Å². The summed E-state index contributed by atoms with van der Waals surface area (Å²) in [5.41, 5.74) is 5.78. The minimum atomic E-state index is 0.321. The van der Waals surface area contributed by atoms with Gasteiger partial charge in [0.2, 0.25) is 5.89 Å². The van der Waals surface area contributed by atoms with Gasteiger partial charge >= 0.3 is 0 Å². The summed E-state index contributed by atoms with van der Waals surface area (Å²) >= 11 is 0. The molecule has 0 radical (unpaired) electrons. The molecule has 0 amide bonds. The van der Waals surface area contributed by atoms with Crippen molar-refractivity contribution in [2.45, 2.75) is 38.1 Å². The van der Waals surface area contributed by atoms with Gasteiger partial charge in [-0.25, -0.2) is 0 Å². The number of hydrogen-bond donors (Lipinski definition) is 1. The van der Waals surface area contributed by atoms with Crippen LogP contribution in [-0.4, -0.2) is 16.2 Å². The second kappa shape index (κ2) is 2.86. The second-order valence-corrected chi connectivity index (χ2v) is 3.45. The number of aromatic nitrogens is 2. The van der Waals surface area contributed by atoms with Gasteiger partial charge in [0, 0.05) is 12.0 Å². The van der Waals surface area contributed by atoms with Crippen LogP contribution in [0.4, 0.5) is 0 Å². The number of hydrogen-bond acceptors (Lipinski definition) is 4. The van der Waals surface area contributed by atoms with Crippen LogP contribution in [-0.2, 0) is 0 Å². The van der Waals surface area contributed by atoms with E-state index in [9.17, 15) is 0 Å². The predicted molar refractivity (Wildman–Crippen MR) is 43.6 cm³/mol. The van der Waals surface area contributed by atoms with Crippen molar-refractivity contribution in [2.24, 2.45) is 5.73 Å². The Morgan fingerprint density at radius 2 is 2.33 bits per heavy atom. The average Bonchev–Trinajstić information content (AvgIpc) is 2.58. The van der Waals surface area contributed by atoms with E-state index in [1.54, 1.807) is 0 Å². The van der Waals surface area contributed by atoms with Gasteiger partial charge in [-0.05, 0) is 26.2 Å². The van der Waals surface area contributed by atoms with Crippen molar-refractivity contribution in [2.75, 3.05) is 0 Å². The van der Waals surface area contributed by atoms with E-state index in [0.717, 1.165) is 25.2 Å². The molecule has 1 aromatic rings. The molecule has 1 aliphatic rings. The van der Waals surface area contributed by atoms with Gasteiger partial charge < -0.3 is 10.3 Å². The molecule has 0 aliphatic heterocycles. The highest BCUT2D eigenvalue weighted by Gasteiger charge is 2.27. The maximum atomic E-state index is 5.78. The predicted octanol–water partition coefficient (Wildman–Crippen LogP) is 0.973. The smallest absolute Gasteiger partial charge is 0.229 e. The Kier molecular flexibility index (Phi) is 1.84. The highest BCUT2D eigenvalue weighted by molar-refractivity contribution is 4.98. The summed E-state index contributed by atoms with van der Waals surface area (Å²) in [5.74, 6) is 1.88. The molecule has 0 saturated heterocycles. The molecular weight excluding hydrogens is 154 g/mol. The summed E-state index contributed by atoms with van der Waals surface area (Å²) in [4.78, 5) is 4.19. The topological polar surface area (TPSA) is 64.9 Å². The van der Waals surface area contributed by atoms with Crippen LogP contribution in [0.3, 0.4) is 0 Å². The van der Waals surface area contributed by atoms with Gasteiger partial charge in [-0.2, -0.15) is 4.98 Å². The summed E-state index contributed by atoms with van der Waals surface area (Å²) in [6.45, 7) is 1.84. The van der Waals surface area contributed by atoms with Gasteiger partial charge in [0.25, 0.3) is 0 Å². The molecule has 0 bridgehead atoms. The number of aryl methyl sites for hydroxylation is 1. The molecule has 1 aromatic heterocycles. The van der Waals surface area contributed by atoms with Crippen LogP contribution in [0.15, 0.2) is 4.52 Å². The lowest BCUT2D eigenvalue weighted by molar-refractivity contribution is 0.350. The fraction of sp³-hybridized carbons (Fsp3) is 0.750. The summed E-state index contributed by atoms with van der Waals surface area (Å²) in [5, 5.41) is 3.76. The van der Waals surface area contributed by atoms with E-state index in [1.165, 1.54) is 0 Å². The van der Waals surface area contributed by atoms with Crippen LogP contribution in [0.25, 0.3) is 0 Å². The average molecular weight is 167 g/mol. The van der Waals surface area contributed by atoms with E-state index in [2.05, 4.69) is 10.1 Å². The minimum absolute atomic E-state index is 0.321. The molecule has 2 rings (SSSR count). The van der Waals surface area contributed by atoms with Gasteiger partial charge in [-0.3, -0.25) is 0 Å². The zero-order valence-corrected chi connectivity index (χ0v) is 7.16. The zero-order chi connectivity index (χ0) is 8.55. The lowest BCUT2D eigenvalue weighted by atomic mass is 10.1. The van der Waals surface area contributed by atoms with E-state index in [1.807, 2.05) is 6.92 Å². The van der Waals surface area contributed by atoms with Gasteiger partial charge in [0.05, 0.1) is 0 Å². The quantitative estimate of drug-likeness (QED) is 0.677. The normalized spacial score (nSPS) is 29.5. The van der Waals surface area contributed by atoms with Crippen LogP contribution < -0.4 is 5.73 Å².